The zero-order valence-electron chi connectivity index (χ0n) is 16.8. The highest BCUT2D eigenvalue weighted by Gasteiger charge is 2.28. The van der Waals surface area contributed by atoms with Gasteiger partial charge in [-0.15, -0.1) is 0 Å². The van der Waals surface area contributed by atoms with Crippen LogP contribution in [-0.2, 0) is 19.1 Å². The van der Waals surface area contributed by atoms with Gasteiger partial charge in [-0.25, -0.2) is 0 Å². The molecule has 7 heteroatoms. The van der Waals surface area contributed by atoms with Crippen LogP contribution in [-0.4, -0.2) is 35.1 Å². The number of nitrogens with one attached hydrogen (secondary N) is 1. The van der Waals surface area contributed by atoms with E-state index >= 15 is 0 Å². The first-order valence-electron chi connectivity index (χ1n) is 9.47. The van der Waals surface area contributed by atoms with Crippen molar-refractivity contribution >= 4 is 35.3 Å². The zero-order chi connectivity index (χ0) is 21.7. The molecular weight excluding hydrogens is 384 g/mol. The van der Waals surface area contributed by atoms with Crippen LogP contribution >= 0.6 is 0 Å². The lowest BCUT2D eigenvalue weighted by Crippen LogP contribution is -2.33. The number of fused-ring (bicyclic) bond motifs is 1. The van der Waals surface area contributed by atoms with Crippen LogP contribution in [0.5, 0.6) is 0 Å². The molecule has 2 amide bonds. The van der Waals surface area contributed by atoms with Gasteiger partial charge in [-0.3, -0.25) is 19.2 Å². The number of carbonyl (C=O) groups is 4. The number of ether oxygens (including phenoxy) is 1. The largest absolute Gasteiger partial charge is 0.455 e. The van der Waals surface area contributed by atoms with E-state index in [1.807, 2.05) is 30.3 Å². The fourth-order valence-corrected chi connectivity index (χ4v) is 3.29. The number of ketones is 1. The van der Waals surface area contributed by atoms with Gasteiger partial charge in [0, 0.05) is 24.4 Å². The standard InChI is InChI=1S/C23H22N2O5/c1-15(26)18-7-5-8-19(12-18)24-22(28)14-30-23(29)13-21-20-9-4-3-6-17(20)10-11-25(21)16(2)27/h3-12,21H,13-14H2,1-2H3,(H,24,28)/t21-/m1/s1. The molecule has 2 aromatic carbocycles. The second-order valence-corrected chi connectivity index (χ2v) is 6.94. The maximum absolute atomic E-state index is 12.4. The van der Waals surface area contributed by atoms with Gasteiger partial charge in [-0.05, 0) is 36.3 Å². The summed E-state index contributed by atoms with van der Waals surface area (Å²) >= 11 is 0. The van der Waals surface area contributed by atoms with Crippen LogP contribution in [0.1, 0.15) is 47.8 Å². The Balaban J connectivity index is 1.60. The fraction of sp³-hybridized carbons (Fsp3) is 0.217. The molecule has 0 aliphatic carbocycles. The SMILES string of the molecule is CC(=O)c1cccc(NC(=O)COC(=O)C[C@@H]2c3ccccc3C=CN2C(C)=O)c1. The molecule has 0 saturated heterocycles. The van der Waals surface area contributed by atoms with Crippen LogP contribution in [0.4, 0.5) is 5.69 Å². The average molecular weight is 406 g/mol. The predicted octanol–water partition coefficient (Wildman–Crippen LogP) is 3.34. The Morgan fingerprint density at radius 3 is 2.53 bits per heavy atom. The highest BCUT2D eigenvalue weighted by atomic mass is 16.5. The normalized spacial score (nSPS) is 14.6. The number of benzene rings is 2. The minimum atomic E-state index is -0.594. The number of esters is 1. The van der Waals surface area contributed by atoms with Crippen molar-refractivity contribution in [3.05, 3.63) is 71.4 Å². The summed E-state index contributed by atoms with van der Waals surface area (Å²) in [7, 11) is 0. The van der Waals surface area contributed by atoms with E-state index in [0.29, 0.717) is 11.3 Å². The third kappa shape index (κ3) is 5.00. The van der Waals surface area contributed by atoms with E-state index in [-0.39, 0.29) is 18.1 Å². The van der Waals surface area contributed by atoms with Gasteiger partial charge in [0.25, 0.3) is 5.91 Å². The highest BCUT2D eigenvalue weighted by molar-refractivity contribution is 5.97. The maximum atomic E-state index is 12.4. The van der Waals surface area contributed by atoms with Gasteiger partial charge in [-0.2, -0.15) is 0 Å². The summed E-state index contributed by atoms with van der Waals surface area (Å²) in [5.41, 5.74) is 2.68. The molecule has 1 heterocycles. The number of Topliss-reactive ketones (excluding diaryl/α,β-unsaturated/α-hetero) is 1. The van der Waals surface area contributed by atoms with Crippen molar-refractivity contribution in [1.82, 2.24) is 4.90 Å². The molecule has 1 aliphatic rings. The molecule has 7 nitrogen and oxygen atoms in total. The Kier molecular flexibility index (Phi) is 6.41. The molecule has 0 spiro atoms. The van der Waals surface area contributed by atoms with Crippen molar-refractivity contribution in [3.63, 3.8) is 0 Å². The van der Waals surface area contributed by atoms with Crippen LogP contribution in [0.2, 0.25) is 0 Å². The maximum Gasteiger partial charge on any atom is 0.308 e. The van der Waals surface area contributed by atoms with Gasteiger partial charge < -0.3 is 15.0 Å². The van der Waals surface area contributed by atoms with Crippen LogP contribution in [0, 0.1) is 0 Å². The summed E-state index contributed by atoms with van der Waals surface area (Å²) < 4.78 is 5.12. The quantitative estimate of drug-likeness (QED) is 0.587. The first-order valence-corrected chi connectivity index (χ1v) is 9.47. The van der Waals surface area contributed by atoms with Gasteiger partial charge in [0.1, 0.15) is 0 Å². The average Bonchev–Trinajstić information content (AvgIpc) is 2.72. The molecular formula is C23H22N2O5. The summed E-state index contributed by atoms with van der Waals surface area (Å²) in [5.74, 6) is -1.42. The third-order valence-electron chi connectivity index (χ3n) is 4.75. The Morgan fingerprint density at radius 1 is 1.03 bits per heavy atom. The second-order valence-electron chi connectivity index (χ2n) is 6.94. The first-order chi connectivity index (χ1) is 14.3. The summed E-state index contributed by atoms with van der Waals surface area (Å²) in [6, 6.07) is 13.5. The Labute approximate surface area is 174 Å². The smallest absolute Gasteiger partial charge is 0.308 e. The van der Waals surface area contributed by atoms with E-state index in [9.17, 15) is 19.2 Å². The van der Waals surface area contributed by atoms with Gasteiger partial charge in [0.05, 0.1) is 12.5 Å². The van der Waals surface area contributed by atoms with Crippen LogP contribution < -0.4 is 5.32 Å². The monoisotopic (exact) mass is 406 g/mol. The lowest BCUT2D eigenvalue weighted by Gasteiger charge is -2.32. The molecule has 154 valence electrons. The van der Waals surface area contributed by atoms with Gasteiger partial charge in [0.15, 0.2) is 12.4 Å². The van der Waals surface area contributed by atoms with Crippen LogP contribution in [0.15, 0.2) is 54.7 Å². The molecule has 1 aliphatic heterocycles. The van der Waals surface area contributed by atoms with Crippen LogP contribution in [0.3, 0.4) is 0 Å². The van der Waals surface area contributed by atoms with Crippen molar-refractivity contribution < 1.29 is 23.9 Å². The van der Waals surface area contributed by atoms with E-state index in [0.717, 1.165) is 11.1 Å². The third-order valence-corrected chi connectivity index (χ3v) is 4.75. The number of carbonyl (C=O) groups excluding carboxylic acids is 4. The summed E-state index contributed by atoms with van der Waals surface area (Å²) in [4.78, 5) is 49.4. The summed E-state index contributed by atoms with van der Waals surface area (Å²) in [6.45, 7) is 2.40. The minimum absolute atomic E-state index is 0.0754. The Hall–Kier alpha value is -3.74. The van der Waals surface area contributed by atoms with Crippen LogP contribution in [0.25, 0.3) is 6.08 Å². The number of hydrogen-bond acceptors (Lipinski definition) is 5. The molecule has 0 radical (unpaired) electrons. The number of hydrogen-bond donors (Lipinski definition) is 1. The van der Waals surface area contributed by atoms with Crippen molar-refractivity contribution in [1.29, 1.82) is 0 Å². The Bertz CT molecular complexity index is 1030. The van der Waals surface area contributed by atoms with Crippen molar-refractivity contribution in [2.24, 2.45) is 0 Å². The summed E-state index contributed by atoms with van der Waals surface area (Å²) in [5, 5.41) is 2.59. The number of amides is 2. The minimum Gasteiger partial charge on any atom is -0.455 e. The molecule has 0 aromatic heterocycles. The second kappa shape index (κ2) is 9.17. The molecule has 0 saturated carbocycles. The van der Waals surface area contributed by atoms with Gasteiger partial charge in [0.2, 0.25) is 5.91 Å². The molecule has 0 bridgehead atoms. The molecule has 1 N–H and O–H groups in total. The summed E-state index contributed by atoms with van der Waals surface area (Å²) in [6.07, 6.45) is 3.40. The van der Waals surface area contributed by atoms with Crippen molar-refractivity contribution in [2.45, 2.75) is 26.3 Å². The lowest BCUT2D eigenvalue weighted by molar-refractivity contribution is -0.149. The van der Waals surface area contributed by atoms with E-state index < -0.39 is 24.5 Å². The number of nitrogens with zero attached hydrogens (tertiary/aromatic N) is 1. The predicted molar refractivity (Wildman–Crippen MR) is 111 cm³/mol. The van der Waals surface area contributed by atoms with E-state index in [4.69, 9.17) is 4.74 Å². The molecule has 30 heavy (non-hydrogen) atoms. The van der Waals surface area contributed by atoms with E-state index in [1.165, 1.54) is 18.7 Å². The van der Waals surface area contributed by atoms with Gasteiger partial charge in [-0.1, -0.05) is 36.4 Å². The van der Waals surface area contributed by atoms with Crippen molar-refractivity contribution in [2.75, 3.05) is 11.9 Å². The zero-order valence-corrected chi connectivity index (χ0v) is 16.8. The number of anilines is 1. The topological polar surface area (TPSA) is 92.8 Å². The lowest BCUT2D eigenvalue weighted by atomic mass is 9.94. The highest BCUT2D eigenvalue weighted by Crippen LogP contribution is 2.33. The first kappa shape index (κ1) is 21.0. The van der Waals surface area contributed by atoms with E-state index in [1.54, 1.807) is 30.5 Å². The fourth-order valence-electron chi connectivity index (χ4n) is 3.29. The molecule has 2 aromatic rings. The van der Waals surface area contributed by atoms with Crippen molar-refractivity contribution in [3.8, 4) is 0 Å². The molecule has 0 unspecified atom stereocenters. The molecule has 1 atom stereocenters. The Morgan fingerprint density at radius 2 is 1.80 bits per heavy atom. The number of rotatable bonds is 6. The molecule has 3 rings (SSSR count). The van der Waals surface area contributed by atoms with E-state index in [2.05, 4.69) is 5.32 Å². The molecule has 0 fully saturated rings. The van der Waals surface area contributed by atoms with Gasteiger partial charge >= 0.3 is 5.97 Å².